The predicted molar refractivity (Wildman–Crippen MR) is 80.5 cm³/mol. The number of imidazole rings is 1. The molecule has 1 aliphatic carbocycles. The van der Waals surface area contributed by atoms with Crippen molar-refractivity contribution in [1.29, 1.82) is 0 Å². The maximum absolute atomic E-state index is 12.5. The fourth-order valence-corrected chi connectivity index (χ4v) is 3.58. The van der Waals surface area contributed by atoms with Gasteiger partial charge in [-0.1, -0.05) is 12.8 Å². The van der Waals surface area contributed by atoms with E-state index in [0.29, 0.717) is 27.4 Å². The van der Waals surface area contributed by atoms with Crippen LogP contribution in [-0.4, -0.2) is 29.7 Å². The van der Waals surface area contributed by atoms with Gasteiger partial charge >= 0.3 is 0 Å². The van der Waals surface area contributed by atoms with Gasteiger partial charge in [0.25, 0.3) is 5.56 Å². The first kappa shape index (κ1) is 12.8. The van der Waals surface area contributed by atoms with E-state index in [-0.39, 0.29) is 5.56 Å². The summed E-state index contributed by atoms with van der Waals surface area (Å²) >= 11 is 3.43. The van der Waals surface area contributed by atoms with Gasteiger partial charge in [0.1, 0.15) is 16.3 Å². The number of hydrogen-bond acceptors (Lipinski definition) is 4. The van der Waals surface area contributed by atoms with Crippen molar-refractivity contribution in [1.82, 2.24) is 29.7 Å². The molecule has 1 fully saturated rings. The topological polar surface area (TPSA) is 92.2 Å². The molecule has 4 rings (SSSR count). The molecule has 2 N–H and O–H groups in total. The van der Waals surface area contributed by atoms with Crippen LogP contribution in [0.4, 0.5) is 0 Å². The summed E-state index contributed by atoms with van der Waals surface area (Å²) in [4.78, 5) is 27.9. The molecule has 0 bridgehead atoms. The highest BCUT2D eigenvalue weighted by Gasteiger charge is 2.25. The highest BCUT2D eigenvalue weighted by Crippen LogP contribution is 2.35. The first-order chi connectivity index (χ1) is 10.3. The second kappa shape index (κ2) is 4.80. The van der Waals surface area contributed by atoms with Crippen LogP contribution in [0.5, 0.6) is 0 Å². The number of aromatic nitrogens is 6. The molecule has 0 spiro atoms. The van der Waals surface area contributed by atoms with Crippen molar-refractivity contribution in [3.8, 4) is 5.82 Å². The number of H-pyrrole nitrogens is 2. The zero-order valence-electron chi connectivity index (χ0n) is 11.1. The lowest BCUT2D eigenvalue weighted by Gasteiger charge is -2.06. The van der Waals surface area contributed by atoms with Gasteiger partial charge in [0.15, 0.2) is 11.5 Å². The minimum Gasteiger partial charge on any atom is -0.340 e. The van der Waals surface area contributed by atoms with Gasteiger partial charge in [-0.05, 0) is 28.8 Å². The molecule has 0 saturated heterocycles. The first-order valence-corrected chi connectivity index (χ1v) is 7.70. The summed E-state index contributed by atoms with van der Waals surface area (Å²) in [5.41, 5.74) is 2.02. The minimum absolute atomic E-state index is 0.133. The van der Waals surface area contributed by atoms with Gasteiger partial charge in [-0.25, -0.2) is 15.0 Å². The van der Waals surface area contributed by atoms with E-state index < -0.39 is 0 Å². The standard InChI is InChI=1S/C13H13BrN6O/c14-8-9(7-3-1-2-4-7)19-20(13(8)21)12-10-11(16-5-15-10)17-6-18-12/h5-7,19H,1-4H2,(H,15,16,17,18). The van der Waals surface area contributed by atoms with Crippen molar-refractivity contribution in [2.75, 3.05) is 0 Å². The van der Waals surface area contributed by atoms with E-state index in [1.54, 1.807) is 6.33 Å². The highest BCUT2D eigenvalue weighted by atomic mass is 79.9. The number of nitrogens with one attached hydrogen (secondary N) is 2. The SMILES string of the molecule is O=c1c(Br)c(C2CCCC2)[nH]n1-c1ncnc2nc[nH]c12. The van der Waals surface area contributed by atoms with E-state index in [9.17, 15) is 4.79 Å². The third kappa shape index (κ3) is 1.93. The number of aromatic amines is 2. The molecule has 0 aliphatic heterocycles. The molecule has 8 heteroatoms. The number of fused-ring (bicyclic) bond motifs is 1. The average Bonchev–Trinajstić information content (AvgIpc) is 3.21. The first-order valence-electron chi connectivity index (χ1n) is 6.90. The predicted octanol–water partition coefficient (Wildman–Crippen LogP) is 2.25. The Morgan fingerprint density at radius 3 is 2.86 bits per heavy atom. The lowest BCUT2D eigenvalue weighted by atomic mass is 10.1. The Morgan fingerprint density at radius 2 is 2.05 bits per heavy atom. The summed E-state index contributed by atoms with van der Waals surface area (Å²) in [6.45, 7) is 0. The van der Waals surface area contributed by atoms with E-state index in [4.69, 9.17) is 0 Å². The van der Waals surface area contributed by atoms with Gasteiger partial charge in [0.2, 0.25) is 0 Å². The van der Waals surface area contributed by atoms with E-state index in [1.165, 1.54) is 23.9 Å². The number of rotatable bonds is 2. The van der Waals surface area contributed by atoms with Crippen LogP contribution < -0.4 is 5.56 Å². The molecule has 0 aromatic carbocycles. The van der Waals surface area contributed by atoms with E-state index >= 15 is 0 Å². The molecule has 21 heavy (non-hydrogen) atoms. The fraction of sp³-hybridized carbons (Fsp3) is 0.385. The van der Waals surface area contributed by atoms with E-state index in [1.807, 2.05) is 0 Å². The molecule has 0 unspecified atom stereocenters. The van der Waals surface area contributed by atoms with Crippen LogP contribution in [0.1, 0.15) is 37.3 Å². The molecule has 3 aromatic heterocycles. The Balaban J connectivity index is 1.91. The van der Waals surface area contributed by atoms with Crippen molar-refractivity contribution in [2.24, 2.45) is 0 Å². The average molecular weight is 349 g/mol. The molecule has 3 heterocycles. The van der Waals surface area contributed by atoms with Crippen molar-refractivity contribution in [3.63, 3.8) is 0 Å². The van der Waals surface area contributed by atoms with Crippen LogP contribution in [0.3, 0.4) is 0 Å². The van der Waals surface area contributed by atoms with Gasteiger partial charge in [0, 0.05) is 5.92 Å². The Kier molecular flexibility index (Phi) is 2.91. The number of nitrogens with zero attached hydrogens (tertiary/aromatic N) is 4. The smallest absolute Gasteiger partial charge is 0.287 e. The summed E-state index contributed by atoms with van der Waals surface area (Å²) in [7, 11) is 0. The molecule has 0 atom stereocenters. The van der Waals surface area contributed by atoms with E-state index in [2.05, 4.69) is 41.0 Å². The third-order valence-electron chi connectivity index (χ3n) is 4.04. The van der Waals surface area contributed by atoms with Crippen LogP contribution in [0, 0.1) is 0 Å². The summed E-state index contributed by atoms with van der Waals surface area (Å²) < 4.78 is 2.06. The molecular formula is C13H13BrN6O. The minimum atomic E-state index is -0.133. The quantitative estimate of drug-likeness (QED) is 0.742. The maximum Gasteiger partial charge on any atom is 0.287 e. The molecule has 0 amide bonds. The van der Waals surface area contributed by atoms with Crippen LogP contribution >= 0.6 is 15.9 Å². The Hall–Kier alpha value is -1.96. The lowest BCUT2D eigenvalue weighted by Crippen LogP contribution is -2.16. The van der Waals surface area contributed by atoms with Gasteiger partial charge in [-0.2, -0.15) is 4.68 Å². The van der Waals surface area contributed by atoms with Gasteiger partial charge in [0.05, 0.1) is 12.0 Å². The summed E-state index contributed by atoms with van der Waals surface area (Å²) in [5, 5.41) is 3.21. The van der Waals surface area contributed by atoms with Gasteiger partial charge in [-0.15, -0.1) is 0 Å². The second-order valence-corrected chi connectivity index (χ2v) is 6.05. The van der Waals surface area contributed by atoms with Gasteiger partial charge in [-0.3, -0.25) is 9.89 Å². The summed E-state index contributed by atoms with van der Waals surface area (Å²) in [5.74, 6) is 0.903. The fourth-order valence-electron chi connectivity index (χ4n) is 2.99. The largest absolute Gasteiger partial charge is 0.340 e. The molecule has 3 aromatic rings. The van der Waals surface area contributed by atoms with Crippen molar-refractivity contribution in [2.45, 2.75) is 31.6 Å². The van der Waals surface area contributed by atoms with Crippen LogP contribution in [0.15, 0.2) is 21.9 Å². The number of halogens is 1. The van der Waals surface area contributed by atoms with E-state index in [0.717, 1.165) is 18.5 Å². The second-order valence-electron chi connectivity index (χ2n) is 5.26. The molecule has 108 valence electrons. The highest BCUT2D eigenvalue weighted by molar-refractivity contribution is 9.10. The summed E-state index contributed by atoms with van der Waals surface area (Å²) in [6.07, 6.45) is 7.60. The zero-order valence-corrected chi connectivity index (χ0v) is 12.7. The van der Waals surface area contributed by atoms with Crippen LogP contribution in [0.2, 0.25) is 0 Å². The van der Waals surface area contributed by atoms with Crippen molar-refractivity contribution < 1.29 is 0 Å². The third-order valence-corrected chi connectivity index (χ3v) is 4.80. The molecule has 1 saturated carbocycles. The monoisotopic (exact) mass is 348 g/mol. The van der Waals surface area contributed by atoms with Crippen LogP contribution in [0.25, 0.3) is 17.0 Å². The van der Waals surface area contributed by atoms with Crippen molar-refractivity contribution in [3.05, 3.63) is 33.2 Å². The molecule has 1 aliphatic rings. The molecule has 0 radical (unpaired) electrons. The normalized spacial score (nSPS) is 16.0. The summed E-state index contributed by atoms with van der Waals surface area (Å²) in [6, 6.07) is 0. The number of hydrogen-bond donors (Lipinski definition) is 2. The van der Waals surface area contributed by atoms with Gasteiger partial charge < -0.3 is 4.98 Å². The Labute approximate surface area is 127 Å². The zero-order chi connectivity index (χ0) is 14.4. The van der Waals surface area contributed by atoms with Crippen molar-refractivity contribution >= 4 is 27.1 Å². The maximum atomic E-state index is 12.5. The molecule has 7 nitrogen and oxygen atoms in total. The lowest BCUT2D eigenvalue weighted by molar-refractivity contribution is 0.672. The Morgan fingerprint density at radius 1 is 1.24 bits per heavy atom. The van der Waals surface area contributed by atoms with Crippen LogP contribution in [-0.2, 0) is 0 Å². The Bertz CT molecular complexity index is 857. The molecular weight excluding hydrogens is 336 g/mol.